The number of anilines is 1. The summed E-state index contributed by atoms with van der Waals surface area (Å²) in [5.41, 5.74) is 1.46. The zero-order valence-electron chi connectivity index (χ0n) is 15.4. The Kier molecular flexibility index (Phi) is 5.87. The highest BCUT2D eigenvalue weighted by molar-refractivity contribution is 7.98. The SMILES string of the molecule is CSc1nc(C)c(CCC(=O)Nc2nc3ccc(S(C)(=O)=O)cc3s2)c(=O)[nH]1. The van der Waals surface area contributed by atoms with Gasteiger partial charge in [0.15, 0.2) is 20.1 Å². The minimum atomic E-state index is -3.31. The average molecular weight is 439 g/mol. The van der Waals surface area contributed by atoms with Crippen molar-refractivity contribution in [1.82, 2.24) is 15.0 Å². The summed E-state index contributed by atoms with van der Waals surface area (Å²) in [5.74, 6) is -0.282. The Morgan fingerprint density at radius 2 is 2.07 bits per heavy atom. The molecule has 0 spiro atoms. The largest absolute Gasteiger partial charge is 0.302 e. The number of H-pyrrole nitrogens is 1. The van der Waals surface area contributed by atoms with Crippen LogP contribution in [0.5, 0.6) is 0 Å². The van der Waals surface area contributed by atoms with E-state index in [-0.39, 0.29) is 29.2 Å². The van der Waals surface area contributed by atoms with E-state index in [0.29, 0.717) is 31.8 Å². The number of nitrogens with zero attached hydrogens (tertiary/aromatic N) is 2. The summed E-state index contributed by atoms with van der Waals surface area (Å²) in [6, 6.07) is 4.64. The van der Waals surface area contributed by atoms with Gasteiger partial charge in [-0.05, 0) is 37.8 Å². The van der Waals surface area contributed by atoms with Gasteiger partial charge < -0.3 is 10.3 Å². The van der Waals surface area contributed by atoms with Gasteiger partial charge in [-0.25, -0.2) is 18.4 Å². The van der Waals surface area contributed by atoms with E-state index < -0.39 is 9.84 Å². The number of aromatic amines is 1. The normalized spacial score (nSPS) is 11.7. The molecule has 1 amide bonds. The second-order valence-electron chi connectivity index (χ2n) is 6.11. The molecule has 2 aromatic heterocycles. The molecule has 8 nitrogen and oxygen atoms in total. The summed E-state index contributed by atoms with van der Waals surface area (Å²) < 4.78 is 24.0. The topological polar surface area (TPSA) is 122 Å². The first kappa shape index (κ1) is 20.5. The van der Waals surface area contributed by atoms with Crippen molar-refractivity contribution in [2.45, 2.75) is 29.8 Å². The predicted octanol–water partition coefficient (Wildman–Crippen LogP) is 2.38. The molecule has 2 heterocycles. The minimum absolute atomic E-state index is 0.106. The van der Waals surface area contributed by atoms with Gasteiger partial charge >= 0.3 is 0 Å². The molecule has 0 aliphatic carbocycles. The van der Waals surface area contributed by atoms with Gasteiger partial charge in [0, 0.05) is 23.9 Å². The first-order valence-corrected chi connectivity index (χ1v) is 12.1. The molecule has 0 saturated carbocycles. The fourth-order valence-electron chi connectivity index (χ4n) is 2.59. The van der Waals surface area contributed by atoms with Gasteiger partial charge in [-0.3, -0.25) is 9.59 Å². The molecule has 1 aromatic carbocycles. The molecule has 11 heteroatoms. The number of sulfone groups is 1. The van der Waals surface area contributed by atoms with E-state index in [4.69, 9.17) is 0 Å². The first-order valence-electron chi connectivity index (χ1n) is 8.21. The number of aromatic nitrogens is 3. The van der Waals surface area contributed by atoms with E-state index in [1.165, 1.54) is 29.2 Å². The number of benzene rings is 1. The molecular weight excluding hydrogens is 420 g/mol. The molecule has 0 radical (unpaired) electrons. The lowest BCUT2D eigenvalue weighted by Gasteiger charge is -2.05. The Balaban J connectivity index is 1.71. The van der Waals surface area contributed by atoms with Crippen LogP contribution in [0.2, 0.25) is 0 Å². The zero-order valence-corrected chi connectivity index (χ0v) is 17.8. The lowest BCUT2D eigenvalue weighted by Crippen LogP contribution is -2.20. The van der Waals surface area contributed by atoms with E-state index in [0.717, 1.165) is 6.26 Å². The minimum Gasteiger partial charge on any atom is -0.302 e. The van der Waals surface area contributed by atoms with Gasteiger partial charge in [0.1, 0.15) is 0 Å². The number of amides is 1. The van der Waals surface area contributed by atoms with E-state index >= 15 is 0 Å². The third-order valence-corrected chi connectivity index (χ3v) is 6.65. The van der Waals surface area contributed by atoms with Crippen LogP contribution < -0.4 is 10.9 Å². The number of thioether (sulfide) groups is 1. The molecule has 0 unspecified atom stereocenters. The Bertz CT molecular complexity index is 1210. The number of thiazole rings is 1. The lowest BCUT2D eigenvalue weighted by molar-refractivity contribution is -0.116. The molecule has 148 valence electrons. The number of aryl methyl sites for hydroxylation is 1. The molecule has 28 heavy (non-hydrogen) atoms. The summed E-state index contributed by atoms with van der Waals surface area (Å²) in [4.78, 5) is 35.8. The molecule has 0 aliphatic heterocycles. The zero-order chi connectivity index (χ0) is 20.5. The van der Waals surface area contributed by atoms with E-state index in [9.17, 15) is 18.0 Å². The second-order valence-corrected chi connectivity index (χ2v) is 9.95. The van der Waals surface area contributed by atoms with E-state index in [2.05, 4.69) is 20.3 Å². The monoisotopic (exact) mass is 438 g/mol. The van der Waals surface area contributed by atoms with Crippen LogP contribution in [-0.4, -0.2) is 41.8 Å². The Hall–Kier alpha value is -2.24. The smallest absolute Gasteiger partial charge is 0.254 e. The van der Waals surface area contributed by atoms with Crippen molar-refractivity contribution in [3.63, 3.8) is 0 Å². The van der Waals surface area contributed by atoms with Crippen molar-refractivity contribution < 1.29 is 13.2 Å². The van der Waals surface area contributed by atoms with Crippen LogP contribution in [0.4, 0.5) is 5.13 Å². The van der Waals surface area contributed by atoms with Crippen molar-refractivity contribution >= 4 is 54.2 Å². The molecule has 0 aliphatic rings. The van der Waals surface area contributed by atoms with Crippen LogP contribution in [0.1, 0.15) is 17.7 Å². The number of nitrogens with one attached hydrogen (secondary N) is 2. The van der Waals surface area contributed by atoms with Crippen LogP contribution in [0.3, 0.4) is 0 Å². The number of carbonyl (C=O) groups is 1. The molecule has 0 atom stereocenters. The summed E-state index contributed by atoms with van der Waals surface area (Å²) in [7, 11) is -3.31. The standard InChI is InChI=1S/C17H18N4O4S3/c1-9-11(15(23)21-16(18-9)26-2)5-7-14(22)20-17-19-12-6-4-10(28(3,24)25)8-13(12)27-17/h4,6,8H,5,7H2,1-3H3,(H,18,21,23)(H,19,20,22). The number of hydrogen-bond acceptors (Lipinski definition) is 8. The Morgan fingerprint density at radius 3 is 2.71 bits per heavy atom. The first-order chi connectivity index (χ1) is 13.2. The van der Waals surface area contributed by atoms with Gasteiger partial charge in [0.05, 0.1) is 15.1 Å². The fraction of sp³-hybridized carbons (Fsp3) is 0.294. The van der Waals surface area contributed by atoms with Gasteiger partial charge in [-0.2, -0.15) is 0 Å². The van der Waals surface area contributed by atoms with Crippen LogP contribution in [-0.2, 0) is 21.1 Å². The third-order valence-electron chi connectivity index (χ3n) is 4.03. The summed E-state index contributed by atoms with van der Waals surface area (Å²) in [6.45, 7) is 1.75. The maximum Gasteiger partial charge on any atom is 0.254 e. The highest BCUT2D eigenvalue weighted by atomic mass is 32.2. The van der Waals surface area contributed by atoms with Crippen LogP contribution in [0.25, 0.3) is 10.2 Å². The molecule has 0 fully saturated rings. The number of rotatable bonds is 6. The quantitative estimate of drug-likeness (QED) is 0.447. The second kappa shape index (κ2) is 8.02. The molecular formula is C17H18N4O4S3. The summed E-state index contributed by atoms with van der Waals surface area (Å²) in [5, 5.41) is 3.63. The fourth-order valence-corrected chi connectivity index (χ4v) is 4.65. The lowest BCUT2D eigenvalue weighted by atomic mass is 10.1. The maximum absolute atomic E-state index is 12.3. The highest BCUT2D eigenvalue weighted by Crippen LogP contribution is 2.28. The van der Waals surface area contributed by atoms with Crippen molar-refractivity contribution in [2.24, 2.45) is 0 Å². The Morgan fingerprint density at radius 1 is 1.32 bits per heavy atom. The molecule has 3 aromatic rings. The van der Waals surface area contributed by atoms with Crippen molar-refractivity contribution in [1.29, 1.82) is 0 Å². The third kappa shape index (κ3) is 4.59. The number of carbonyl (C=O) groups excluding carboxylic acids is 1. The predicted molar refractivity (Wildman–Crippen MR) is 111 cm³/mol. The van der Waals surface area contributed by atoms with Crippen LogP contribution >= 0.6 is 23.1 Å². The molecule has 2 N–H and O–H groups in total. The van der Waals surface area contributed by atoms with Crippen molar-refractivity contribution in [3.8, 4) is 0 Å². The van der Waals surface area contributed by atoms with Gasteiger partial charge in [0.25, 0.3) is 5.56 Å². The van der Waals surface area contributed by atoms with E-state index in [1.807, 2.05) is 6.26 Å². The molecule has 0 saturated heterocycles. The van der Waals surface area contributed by atoms with Gasteiger partial charge in [-0.15, -0.1) is 0 Å². The van der Waals surface area contributed by atoms with Crippen molar-refractivity contribution in [3.05, 3.63) is 39.8 Å². The molecule has 3 rings (SSSR count). The number of hydrogen-bond donors (Lipinski definition) is 2. The Labute approximate surface area is 169 Å². The van der Waals surface area contributed by atoms with Gasteiger partial charge in [-0.1, -0.05) is 23.1 Å². The van der Waals surface area contributed by atoms with Crippen LogP contribution in [0, 0.1) is 6.92 Å². The summed E-state index contributed by atoms with van der Waals surface area (Å²) >= 11 is 2.54. The van der Waals surface area contributed by atoms with Gasteiger partial charge in [0.2, 0.25) is 5.91 Å². The van der Waals surface area contributed by atoms with Crippen LogP contribution in [0.15, 0.2) is 33.0 Å². The molecule has 0 bridgehead atoms. The van der Waals surface area contributed by atoms with Crippen molar-refractivity contribution in [2.75, 3.05) is 17.8 Å². The average Bonchev–Trinajstić information content (AvgIpc) is 3.01. The summed E-state index contributed by atoms with van der Waals surface area (Å²) in [6.07, 6.45) is 3.33. The maximum atomic E-state index is 12.3. The number of fused-ring (bicyclic) bond motifs is 1. The highest BCUT2D eigenvalue weighted by Gasteiger charge is 2.14. The van der Waals surface area contributed by atoms with E-state index in [1.54, 1.807) is 19.1 Å².